The second-order valence-corrected chi connectivity index (χ2v) is 7.68. The fourth-order valence-corrected chi connectivity index (χ4v) is 4.33. The Morgan fingerprint density at radius 1 is 1.22 bits per heavy atom. The molecule has 1 unspecified atom stereocenters. The van der Waals surface area contributed by atoms with Crippen molar-refractivity contribution in [3.05, 3.63) is 35.5 Å². The van der Waals surface area contributed by atoms with Crippen LogP contribution in [0.5, 0.6) is 0 Å². The Bertz CT molecular complexity index is 774. The van der Waals surface area contributed by atoms with E-state index in [0.29, 0.717) is 12.3 Å². The molecule has 4 rings (SSSR count). The summed E-state index contributed by atoms with van der Waals surface area (Å²) in [6.45, 7) is 6.25. The zero-order valence-corrected chi connectivity index (χ0v) is 16.1. The highest BCUT2D eigenvalue weighted by Gasteiger charge is 2.32. The van der Waals surface area contributed by atoms with Crippen LogP contribution in [-0.4, -0.2) is 40.7 Å². The van der Waals surface area contributed by atoms with Crippen LogP contribution in [0.1, 0.15) is 55.3 Å². The monoisotopic (exact) mass is 369 g/mol. The number of nitrogens with zero attached hydrogens (tertiary/aromatic N) is 3. The van der Waals surface area contributed by atoms with Crippen molar-refractivity contribution in [1.82, 2.24) is 15.0 Å². The van der Waals surface area contributed by atoms with Crippen molar-refractivity contribution < 1.29 is 14.1 Å². The highest BCUT2D eigenvalue weighted by atomic mass is 16.5. The van der Waals surface area contributed by atoms with Gasteiger partial charge in [-0.05, 0) is 51.5 Å². The molecule has 0 saturated carbocycles. The Morgan fingerprint density at radius 3 is 2.70 bits per heavy atom. The molecule has 0 bridgehead atoms. The molecule has 2 aliphatic rings. The highest BCUT2D eigenvalue weighted by Crippen LogP contribution is 2.34. The first-order valence-corrected chi connectivity index (χ1v) is 9.90. The summed E-state index contributed by atoms with van der Waals surface area (Å²) in [5.74, 6) is 1.53. The lowest BCUT2D eigenvalue weighted by atomic mass is 9.95. The fourth-order valence-electron chi connectivity index (χ4n) is 4.33. The van der Waals surface area contributed by atoms with E-state index >= 15 is 0 Å². The van der Waals surface area contributed by atoms with Gasteiger partial charge in [-0.3, -0.25) is 9.78 Å². The Morgan fingerprint density at radius 2 is 2.04 bits per heavy atom. The molecule has 2 fully saturated rings. The van der Waals surface area contributed by atoms with Crippen LogP contribution in [0.15, 0.2) is 22.9 Å². The minimum absolute atomic E-state index is 0.0936. The average molecular weight is 369 g/mol. The van der Waals surface area contributed by atoms with Gasteiger partial charge >= 0.3 is 0 Å². The molecule has 0 N–H and O–H groups in total. The van der Waals surface area contributed by atoms with Gasteiger partial charge in [-0.1, -0.05) is 11.2 Å². The van der Waals surface area contributed by atoms with E-state index in [1.165, 1.54) is 0 Å². The normalized spacial score (nSPS) is 21.0. The third kappa shape index (κ3) is 3.76. The lowest BCUT2D eigenvalue weighted by Crippen LogP contribution is -2.33. The summed E-state index contributed by atoms with van der Waals surface area (Å²) in [5, 5.41) is 4.02. The minimum Gasteiger partial charge on any atom is -0.381 e. The molecule has 0 aliphatic carbocycles. The molecule has 1 amide bonds. The molecule has 4 heterocycles. The van der Waals surface area contributed by atoms with E-state index in [1.807, 2.05) is 31.0 Å². The largest absolute Gasteiger partial charge is 0.381 e. The van der Waals surface area contributed by atoms with E-state index in [9.17, 15) is 4.79 Å². The third-order valence-electron chi connectivity index (χ3n) is 5.83. The SMILES string of the molecule is Cc1noc(C)c1-c1ccc(C2CCCN2C(=O)CC2CCOCC2)nc1. The van der Waals surface area contributed by atoms with Crippen molar-refractivity contribution in [2.75, 3.05) is 19.8 Å². The van der Waals surface area contributed by atoms with Gasteiger partial charge in [-0.25, -0.2) is 0 Å². The zero-order chi connectivity index (χ0) is 18.8. The number of pyridine rings is 1. The molecule has 2 aliphatic heterocycles. The number of ether oxygens (including phenoxy) is 1. The summed E-state index contributed by atoms with van der Waals surface area (Å²) >= 11 is 0. The van der Waals surface area contributed by atoms with E-state index in [-0.39, 0.29) is 11.9 Å². The number of aryl methyl sites for hydroxylation is 2. The summed E-state index contributed by atoms with van der Waals surface area (Å²) in [5.41, 5.74) is 3.86. The third-order valence-corrected chi connectivity index (χ3v) is 5.83. The topological polar surface area (TPSA) is 68.5 Å². The van der Waals surface area contributed by atoms with Gasteiger partial charge in [0.15, 0.2) is 0 Å². The Labute approximate surface area is 159 Å². The predicted octanol–water partition coefficient (Wildman–Crippen LogP) is 3.83. The number of amides is 1. The van der Waals surface area contributed by atoms with E-state index < -0.39 is 0 Å². The Kier molecular flexibility index (Phi) is 5.25. The van der Waals surface area contributed by atoms with Crippen LogP contribution in [0, 0.1) is 19.8 Å². The van der Waals surface area contributed by atoms with Gasteiger partial charge in [0.1, 0.15) is 5.76 Å². The molecule has 2 aromatic rings. The number of rotatable bonds is 4. The first-order valence-electron chi connectivity index (χ1n) is 9.90. The molecule has 0 spiro atoms. The molecule has 27 heavy (non-hydrogen) atoms. The zero-order valence-electron chi connectivity index (χ0n) is 16.1. The van der Waals surface area contributed by atoms with E-state index in [4.69, 9.17) is 14.2 Å². The smallest absolute Gasteiger partial charge is 0.223 e. The fraction of sp³-hybridized carbons (Fsp3) is 0.571. The molecule has 144 valence electrons. The van der Waals surface area contributed by atoms with Crippen LogP contribution < -0.4 is 0 Å². The number of carbonyl (C=O) groups is 1. The Balaban J connectivity index is 1.47. The van der Waals surface area contributed by atoms with Gasteiger partial charge in [-0.15, -0.1) is 0 Å². The van der Waals surface area contributed by atoms with Crippen LogP contribution in [0.2, 0.25) is 0 Å². The lowest BCUT2D eigenvalue weighted by Gasteiger charge is -2.28. The molecule has 6 heteroatoms. The first-order chi connectivity index (χ1) is 13.1. The molecular weight excluding hydrogens is 342 g/mol. The van der Waals surface area contributed by atoms with Crippen molar-refractivity contribution >= 4 is 5.91 Å². The predicted molar refractivity (Wildman–Crippen MR) is 101 cm³/mol. The maximum atomic E-state index is 12.9. The summed E-state index contributed by atoms with van der Waals surface area (Å²) in [4.78, 5) is 19.6. The first kappa shape index (κ1) is 18.2. The van der Waals surface area contributed by atoms with Crippen molar-refractivity contribution in [1.29, 1.82) is 0 Å². The molecule has 0 radical (unpaired) electrons. The number of aromatic nitrogens is 2. The maximum Gasteiger partial charge on any atom is 0.223 e. The summed E-state index contributed by atoms with van der Waals surface area (Å²) in [6, 6.07) is 4.20. The second kappa shape index (κ2) is 7.80. The Hall–Kier alpha value is -2.21. The van der Waals surface area contributed by atoms with Gasteiger partial charge in [0.2, 0.25) is 5.91 Å². The van der Waals surface area contributed by atoms with Gasteiger partial charge in [0.05, 0.1) is 17.4 Å². The quantitative estimate of drug-likeness (QED) is 0.819. The average Bonchev–Trinajstić information content (AvgIpc) is 3.30. The van der Waals surface area contributed by atoms with Crippen LogP contribution >= 0.6 is 0 Å². The standard InChI is InChI=1S/C21H27N3O3/c1-14-21(15(2)27-23-14)17-5-6-18(22-13-17)19-4-3-9-24(19)20(25)12-16-7-10-26-11-8-16/h5-6,13,16,19H,3-4,7-12H2,1-2H3. The molecule has 2 aromatic heterocycles. The number of hydrogen-bond donors (Lipinski definition) is 0. The highest BCUT2D eigenvalue weighted by molar-refractivity contribution is 5.77. The molecule has 2 saturated heterocycles. The van der Waals surface area contributed by atoms with Gasteiger partial charge < -0.3 is 14.2 Å². The van der Waals surface area contributed by atoms with Crippen molar-refractivity contribution in [3.63, 3.8) is 0 Å². The van der Waals surface area contributed by atoms with Crippen LogP contribution in [0.3, 0.4) is 0 Å². The summed E-state index contributed by atoms with van der Waals surface area (Å²) in [7, 11) is 0. The van der Waals surface area contributed by atoms with Gasteiger partial charge in [0, 0.05) is 43.5 Å². The van der Waals surface area contributed by atoms with Gasteiger partial charge in [-0.2, -0.15) is 0 Å². The molecule has 6 nitrogen and oxygen atoms in total. The van der Waals surface area contributed by atoms with E-state index in [1.54, 1.807) is 0 Å². The molecule has 1 atom stereocenters. The van der Waals surface area contributed by atoms with E-state index in [2.05, 4.69) is 11.2 Å². The number of carbonyl (C=O) groups excluding carboxylic acids is 1. The lowest BCUT2D eigenvalue weighted by molar-refractivity contribution is -0.133. The second-order valence-electron chi connectivity index (χ2n) is 7.68. The molecular formula is C21H27N3O3. The summed E-state index contributed by atoms with van der Waals surface area (Å²) in [6.07, 6.45) is 6.52. The van der Waals surface area contributed by atoms with Crippen molar-refractivity contribution in [3.8, 4) is 11.1 Å². The van der Waals surface area contributed by atoms with Gasteiger partial charge in [0.25, 0.3) is 0 Å². The minimum atomic E-state index is 0.0936. The number of likely N-dealkylation sites (tertiary alicyclic amines) is 1. The molecule has 0 aromatic carbocycles. The maximum absolute atomic E-state index is 12.9. The van der Waals surface area contributed by atoms with Crippen molar-refractivity contribution in [2.24, 2.45) is 5.92 Å². The summed E-state index contributed by atoms with van der Waals surface area (Å²) < 4.78 is 10.7. The van der Waals surface area contributed by atoms with Crippen molar-refractivity contribution in [2.45, 2.75) is 52.0 Å². The number of hydrogen-bond acceptors (Lipinski definition) is 5. The van der Waals surface area contributed by atoms with E-state index in [0.717, 1.165) is 73.7 Å². The van der Waals surface area contributed by atoms with Crippen LogP contribution in [-0.2, 0) is 9.53 Å². The van der Waals surface area contributed by atoms with Crippen LogP contribution in [0.25, 0.3) is 11.1 Å². The van der Waals surface area contributed by atoms with Crippen LogP contribution in [0.4, 0.5) is 0 Å².